The highest BCUT2D eigenvalue weighted by molar-refractivity contribution is 6.30. The Hall–Kier alpha value is -0.930. The minimum Gasteiger partial charge on any atom is -0.493 e. The maximum absolute atomic E-state index is 9.47. The molecule has 1 aromatic rings. The van der Waals surface area contributed by atoms with E-state index in [0.717, 1.165) is 11.8 Å². The van der Waals surface area contributed by atoms with Crippen LogP contribution in [0.15, 0.2) is 12.1 Å². The standard InChI is InChI=1S/C16H21ClO3/c1-19-15-7-14(17)6-12(8-18)16(15)20-9-13-5-10-2-3-11(13)4-10/h6-7,10-11,13,18H,2-5,8-9H2,1H3. The number of hydrogen-bond acceptors (Lipinski definition) is 3. The molecule has 0 saturated heterocycles. The Bertz CT molecular complexity index is 464. The number of hydrogen-bond donors (Lipinski definition) is 1. The summed E-state index contributed by atoms with van der Waals surface area (Å²) in [6, 6.07) is 3.47. The van der Waals surface area contributed by atoms with Gasteiger partial charge in [-0.3, -0.25) is 0 Å². The van der Waals surface area contributed by atoms with E-state index in [0.29, 0.717) is 34.6 Å². The van der Waals surface area contributed by atoms with E-state index >= 15 is 0 Å². The molecule has 2 bridgehead atoms. The van der Waals surface area contributed by atoms with Crippen LogP contribution < -0.4 is 9.47 Å². The molecule has 0 radical (unpaired) electrons. The van der Waals surface area contributed by atoms with E-state index < -0.39 is 0 Å². The number of benzene rings is 1. The van der Waals surface area contributed by atoms with Crippen LogP contribution >= 0.6 is 11.6 Å². The quantitative estimate of drug-likeness (QED) is 0.901. The summed E-state index contributed by atoms with van der Waals surface area (Å²) in [4.78, 5) is 0. The lowest BCUT2D eigenvalue weighted by Crippen LogP contribution is -2.19. The molecule has 0 aromatic heterocycles. The topological polar surface area (TPSA) is 38.7 Å². The monoisotopic (exact) mass is 296 g/mol. The van der Waals surface area contributed by atoms with Gasteiger partial charge in [-0.2, -0.15) is 0 Å². The van der Waals surface area contributed by atoms with Crippen LogP contribution in [0, 0.1) is 17.8 Å². The second kappa shape index (κ2) is 5.82. The van der Waals surface area contributed by atoms with Crippen molar-refractivity contribution in [2.75, 3.05) is 13.7 Å². The average molecular weight is 297 g/mol. The molecule has 2 fully saturated rings. The lowest BCUT2D eigenvalue weighted by Gasteiger charge is -2.23. The van der Waals surface area contributed by atoms with Gasteiger partial charge in [-0.15, -0.1) is 0 Å². The first-order chi connectivity index (χ1) is 9.71. The Kier molecular flexibility index (Phi) is 4.08. The van der Waals surface area contributed by atoms with Crippen molar-refractivity contribution in [3.8, 4) is 11.5 Å². The van der Waals surface area contributed by atoms with Gasteiger partial charge in [0.05, 0.1) is 20.3 Å². The van der Waals surface area contributed by atoms with Crippen LogP contribution in [0.5, 0.6) is 11.5 Å². The Labute approximate surface area is 124 Å². The minimum absolute atomic E-state index is 0.0943. The van der Waals surface area contributed by atoms with Crippen LogP contribution in [-0.2, 0) is 6.61 Å². The van der Waals surface area contributed by atoms with Crippen molar-refractivity contribution in [3.05, 3.63) is 22.7 Å². The molecule has 0 heterocycles. The van der Waals surface area contributed by atoms with Crippen LogP contribution in [0.4, 0.5) is 0 Å². The van der Waals surface area contributed by atoms with Gasteiger partial charge in [0.25, 0.3) is 0 Å². The number of aliphatic hydroxyl groups is 1. The van der Waals surface area contributed by atoms with Crippen molar-refractivity contribution in [1.29, 1.82) is 0 Å². The zero-order chi connectivity index (χ0) is 14.1. The van der Waals surface area contributed by atoms with E-state index in [1.165, 1.54) is 25.7 Å². The van der Waals surface area contributed by atoms with Crippen molar-refractivity contribution in [2.24, 2.45) is 17.8 Å². The van der Waals surface area contributed by atoms with Gasteiger partial charge < -0.3 is 14.6 Å². The molecule has 1 aromatic carbocycles. The van der Waals surface area contributed by atoms with Gasteiger partial charge in [0.1, 0.15) is 0 Å². The fourth-order valence-corrected chi connectivity index (χ4v) is 4.06. The zero-order valence-electron chi connectivity index (χ0n) is 11.8. The van der Waals surface area contributed by atoms with Crippen molar-refractivity contribution < 1.29 is 14.6 Å². The lowest BCUT2D eigenvalue weighted by molar-refractivity contribution is 0.183. The van der Waals surface area contributed by atoms with Crippen LogP contribution in [0.1, 0.15) is 31.2 Å². The Morgan fingerprint density at radius 3 is 2.75 bits per heavy atom. The van der Waals surface area contributed by atoms with Crippen LogP contribution in [0.25, 0.3) is 0 Å². The predicted octanol–water partition coefficient (Wildman–Crippen LogP) is 3.66. The van der Waals surface area contributed by atoms with Crippen molar-refractivity contribution in [2.45, 2.75) is 32.3 Å². The molecular formula is C16H21ClO3. The fourth-order valence-electron chi connectivity index (χ4n) is 3.83. The third kappa shape index (κ3) is 2.61. The third-order valence-electron chi connectivity index (χ3n) is 4.81. The summed E-state index contributed by atoms with van der Waals surface area (Å²) < 4.78 is 11.3. The number of rotatable bonds is 5. The van der Waals surface area contributed by atoms with Crippen LogP contribution in [0.3, 0.4) is 0 Å². The van der Waals surface area contributed by atoms with Gasteiger partial charge in [-0.1, -0.05) is 18.0 Å². The molecule has 3 atom stereocenters. The highest BCUT2D eigenvalue weighted by Crippen LogP contribution is 2.48. The normalized spacial score (nSPS) is 27.9. The van der Waals surface area contributed by atoms with Gasteiger partial charge in [0, 0.05) is 16.7 Å². The highest BCUT2D eigenvalue weighted by Gasteiger charge is 2.39. The number of halogens is 1. The molecule has 1 N–H and O–H groups in total. The maximum atomic E-state index is 9.47. The van der Waals surface area contributed by atoms with Crippen molar-refractivity contribution in [3.63, 3.8) is 0 Å². The van der Waals surface area contributed by atoms with E-state index in [4.69, 9.17) is 21.1 Å². The van der Waals surface area contributed by atoms with E-state index in [2.05, 4.69) is 0 Å². The summed E-state index contributed by atoms with van der Waals surface area (Å²) in [5, 5.41) is 10.0. The molecule has 0 amide bonds. The molecular weight excluding hydrogens is 276 g/mol. The zero-order valence-corrected chi connectivity index (χ0v) is 12.5. The molecule has 2 aliphatic carbocycles. The van der Waals surface area contributed by atoms with Gasteiger partial charge in [-0.25, -0.2) is 0 Å². The lowest BCUT2D eigenvalue weighted by atomic mass is 9.89. The van der Waals surface area contributed by atoms with Gasteiger partial charge >= 0.3 is 0 Å². The predicted molar refractivity (Wildman–Crippen MR) is 78.4 cm³/mol. The Morgan fingerprint density at radius 1 is 1.30 bits per heavy atom. The van der Waals surface area contributed by atoms with Gasteiger partial charge in [0.2, 0.25) is 0 Å². The molecule has 4 heteroatoms. The third-order valence-corrected chi connectivity index (χ3v) is 5.03. The smallest absolute Gasteiger partial charge is 0.166 e. The van der Waals surface area contributed by atoms with E-state index in [1.807, 2.05) is 0 Å². The summed E-state index contributed by atoms with van der Waals surface area (Å²) in [5.74, 6) is 3.64. The largest absolute Gasteiger partial charge is 0.493 e. The summed E-state index contributed by atoms with van der Waals surface area (Å²) in [6.45, 7) is 0.620. The Morgan fingerprint density at radius 2 is 2.15 bits per heavy atom. The molecule has 3 rings (SSSR count). The molecule has 20 heavy (non-hydrogen) atoms. The van der Waals surface area contributed by atoms with E-state index in [-0.39, 0.29) is 6.61 Å². The Balaban J connectivity index is 1.73. The molecule has 2 aliphatic rings. The molecule has 3 nitrogen and oxygen atoms in total. The van der Waals surface area contributed by atoms with Crippen LogP contribution in [-0.4, -0.2) is 18.8 Å². The summed E-state index contributed by atoms with van der Waals surface area (Å²) in [6.07, 6.45) is 5.41. The van der Waals surface area contributed by atoms with Gasteiger partial charge in [-0.05, 0) is 43.1 Å². The average Bonchev–Trinajstić information content (AvgIpc) is 3.07. The second-order valence-corrected chi connectivity index (χ2v) is 6.44. The highest BCUT2D eigenvalue weighted by atomic mass is 35.5. The minimum atomic E-state index is -0.0943. The molecule has 0 spiro atoms. The summed E-state index contributed by atoms with van der Waals surface area (Å²) in [5.41, 5.74) is 0.692. The molecule has 3 unspecified atom stereocenters. The fraction of sp³-hybridized carbons (Fsp3) is 0.625. The van der Waals surface area contributed by atoms with Crippen molar-refractivity contribution in [1.82, 2.24) is 0 Å². The SMILES string of the molecule is COc1cc(Cl)cc(CO)c1OCC1CC2CCC1C2. The molecule has 110 valence electrons. The summed E-state index contributed by atoms with van der Waals surface area (Å²) >= 11 is 6.01. The maximum Gasteiger partial charge on any atom is 0.166 e. The first-order valence-electron chi connectivity index (χ1n) is 7.31. The number of fused-ring (bicyclic) bond motifs is 2. The first kappa shape index (κ1) is 14.0. The summed E-state index contributed by atoms with van der Waals surface area (Å²) in [7, 11) is 1.59. The van der Waals surface area contributed by atoms with E-state index in [1.54, 1.807) is 19.2 Å². The van der Waals surface area contributed by atoms with Gasteiger partial charge in [0.15, 0.2) is 11.5 Å². The molecule has 0 aliphatic heterocycles. The van der Waals surface area contributed by atoms with E-state index in [9.17, 15) is 5.11 Å². The van der Waals surface area contributed by atoms with Crippen molar-refractivity contribution >= 4 is 11.6 Å². The number of ether oxygens (including phenoxy) is 2. The molecule has 2 saturated carbocycles. The second-order valence-electron chi connectivity index (χ2n) is 6.00. The number of aliphatic hydroxyl groups excluding tert-OH is 1. The number of methoxy groups -OCH3 is 1. The first-order valence-corrected chi connectivity index (χ1v) is 7.69. The van der Waals surface area contributed by atoms with Crippen LogP contribution in [0.2, 0.25) is 5.02 Å².